The van der Waals surface area contributed by atoms with Gasteiger partial charge in [0, 0.05) is 18.4 Å². The minimum atomic E-state index is -0.0364. The Bertz CT molecular complexity index is 1060. The molecule has 0 aliphatic carbocycles. The van der Waals surface area contributed by atoms with Crippen LogP contribution in [-0.2, 0) is 6.54 Å². The van der Waals surface area contributed by atoms with Gasteiger partial charge in [-0.1, -0.05) is 54.6 Å². The number of pyridine rings is 1. The molecule has 0 saturated heterocycles. The van der Waals surface area contributed by atoms with Crippen LogP contribution in [0.3, 0.4) is 0 Å². The number of nitrogens with one attached hydrogen (secondary N) is 1. The summed E-state index contributed by atoms with van der Waals surface area (Å²) in [6.07, 6.45) is 1.71. The molecule has 0 radical (unpaired) electrons. The third-order valence-corrected chi connectivity index (χ3v) is 4.48. The van der Waals surface area contributed by atoms with Crippen LogP contribution in [0.4, 0.5) is 0 Å². The van der Waals surface area contributed by atoms with Gasteiger partial charge in [-0.25, -0.2) is 0 Å². The van der Waals surface area contributed by atoms with E-state index in [2.05, 4.69) is 58.1 Å². The number of rotatable bonds is 3. The fourth-order valence-electron chi connectivity index (χ4n) is 3.27. The first-order valence-corrected chi connectivity index (χ1v) is 8.05. The molecule has 3 nitrogen and oxygen atoms in total. The van der Waals surface area contributed by atoms with Gasteiger partial charge in [0.25, 0.3) is 5.56 Å². The molecule has 2 heterocycles. The number of nitrogens with zero attached hydrogens (tertiary/aromatic N) is 1. The molecule has 0 spiro atoms. The molecule has 0 aliphatic rings. The fraction of sp³-hybridized carbons (Fsp3) is 0.0952. The van der Waals surface area contributed by atoms with Gasteiger partial charge >= 0.3 is 0 Å². The molecule has 0 fully saturated rings. The maximum atomic E-state index is 12.0. The number of benzene rings is 2. The maximum Gasteiger partial charge on any atom is 0.257 e. The second-order valence-corrected chi connectivity index (χ2v) is 6.00. The van der Waals surface area contributed by atoms with Gasteiger partial charge in [0.15, 0.2) is 0 Å². The lowest BCUT2D eigenvalue weighted by atomic mass is 9.99. The Balaban J connectivity index is 1.85. The molecule has 1 N–H and O–H groups in total. The Morgan fingerprint density at radius 2 is 1.71 bits per heavy atom. The quantitative estimate of drug-likeness (QED) is 0.599. The van der Waals surface area contributed by atoms with Gasteiger partial charge < -0.3 is 9.55 Å². The van der Waals surface area contributed by atoms with Crippen LogP contribution in [0.15, 0.2) is 77.7 Å². The highest BCUT2D eigenvalue weighted by atomic mass is 16.1. The van der Waals surface area contributed by atoms with Gasteiger partial charge in [0.2, 0.25) is 0 Å². The second kappa shape index (κ2) is 5.85. The van der Waals surface area contributed by atoms with Gasteiger partial charge in [0.05, 0.1) is 10.9 Å². The van der Waals surface area contributed by atoms with Crippen molar-refractivity contribution >= 4 is 10.9 Å². The number of aromatic amines is 1. The lowest BCUT2D eigenvalue weighted by Crippen LogP contribution is -2.06. The van der Waals surface area contributed by atoms with E-state index < -0.39 is 0 Å². The number of hydrogen-bond acceptors (Lipinski definition) is 1. The van der Waals surface area contributed by atoms with Crippen molar-refractivity contribution in [1.29, 1.82) is 0 Å². The van der Waals surface area contributed by atoms with E-state index in [1.807, 2.05) is 25.1 Å². The molecule has 0 atom stereocenters. The molecule has 2 aromatic carbocycles. The molecule has 0 saturated carbocycles. The predicted octanol–water partition coefficient (Wildman–Crippen LogP) is 4.35. The highest BCUT2D eigenvalue weighted by molar-refractivity contribution is 5.80. The van der Waals surface area contributed by atoms with Crippen LogP contribution in [0, 0.1) is 6.92 Å². The predicted molar refractivity (Wildman–Crippen MR) is 98.3 cm³/mol. The molecular weight excluding hydrogens is 296 g/mol. The van der Waals surface area contributed by atoms with Crippen LogP contribution in [-0.4, -0.2) is 9.55 Å². The highest BCUT2D eigenvalue weighted by Gasteiger charge is 2.11. The monoisotopic (exact) mass is 314 g/mol. The zero-order chi connectivity index (χ0) is 16.5. The Morgan fingerprint density at radius 1 is 0.958 bits per heavy atom. The molecule has 118 valence electrons. The molecule has 0 aliphatic heterocycles. The molecule has 4 rings (SSSR count). The van der Waals surface area contributed by atoms with E-state index in [1.165, 1.54) is 16.7 Å². The highest BCUT2D eigenvalue weighted by Crippen LogP contribution is 2.26. The topological polar surface area (TPSA) is 37.8 Å². The Labute approximate surface area is 140 Å². The van der Waals surface area contributed by atoms with Crippen LogP contribution < -0.4 is 5.56 Å². The first-order valence-electron chi connectivity index (χ1n) is 8.05. The number of aromatic nitrogens is 2. The first-order chi connectivity index (χ1) is 11.7. The van der Waals surface area contributed by atoms with E-state index >= 15 is 0 Å². The first kappa shape index (κ1) is 14.5. The molecule has 0 unspecified atom stereocenters. The molecule has 4 aromatic rings. The van der Waals surface area contributed by atoms with E-state index in [-0.39, 0.29) is 5.56 Å². The van der Waals surface area contributed by atoms with Crippen LogP contribution in [0.1, 0.15) is 11.3 Å². The van der Waals surface area contributed by atoms with Gasteiger partial charge in [0.1, 0.15) is 0 Å². The van der Waals surface area contributed by atoms with Crippen molar-refractivity contribution in [3.05, 3.63) is 94.5 Å². The van der Waals surface area contributed by atoms with Crippen LogP contribution in [0.2, 0.25) is 0 Å². The van der Waals surface area contributed by atoms with Gasteiger partial charge in [-0.05, 0) is 35.7 Å². The zero-order valence-corrected chi connectivity index (χ0v) is 13.5. The van der Waals surface area contributed by atoms with Gasteiger partial charge in [-0.15, -0.1) is 0 Å². The van der Waals surface area contributed by atoms with Gasteiger partial charge in [-0.3, -0.25) is 4.79 Å². The summed E-state index contributed by atoms with van der Waals surface area (Å²) in [5.74, 6) is 0. The summed E-state index contributed by atoms with van der Waals surface area (Å²) in [5, 5.41) is 0.743. The summed E-state index contributed by atoms with van der Waals surface area (Å²) < 4.78 is 2.20. The molecule has 24 heavy (non-hydrogen) atoms. The van der Waals surface area contributed by atoms with Crippen molar-refractivity contribution in [2.24, 2.45) is 0 Å². The van der Waals surface area contributed by atoms with Crippen molar-refractivity contribution in [3.63, 3.8) is 0 Å². The maximum absolute atomic E-state index is 12.0. The van der Waals surface area contributed by atoms with E-state index in [4.69, 9.17) is 0 Å². The van der Waals surface area contributed by atoms with E-state index in [9.17, 15) is 4.79 Å². The number of aryl methyl sites for hydroxylation is 1. The summed E-state index contributed by atoms with van der Waals surface area (Å²) in [4.78, 5) is 14.8. The normalized spacial score (nSPS) is 11.0. The Kier molecular flexibility index (Phi) is 3.54. The molecule has 0 amide bonds. The van der Waals surface area contributed by atoms with Gasteiger partial charge in [-0.2, -0.15) is 0 Å². The van der Waals surface area contributed by atoms with E-state index in [1.54, 1.807) is 6.20 Å². The lowest BCUT2D eigenvalue weighted by Gasteiger charge is -2.13. The average molecular weight is 314 g/mol. The van der Waals surface area contributed by atoms with Crippen molar-refractivity contribution in [1.82, 2.24) is 9.55 Å². The molecule has 3 heteroatoms. The smallest absolute Gasteiger partial charge is 0.257 e. The number of fused-ring (bicyclic) bond motifs is 1. The van der Waals surface area contributed by atoms with Crippen LogP contribution in [0.25, 0.3) is 22.0 Å². The van der Waals surface area contributed by atoms with Crippen LogP contribution in [0.5, 0.6) is 0 Å². The number of hydrogen-bond donors (Lipinski definition) is 1. The van der Waals surface area contributed by atoms with Crippen molar-refractivity contribution in [2.75, 3.05) is 0 Å². The molecule has 0 bridgehead atoms. The average Bonchev–Trinajstić information content (AvgIpc) is 2.94. The van der Waals surface area contributed by atoms with E-state index in [0.717, 1.165) is 23.1 Å². The van der Waals surface area contributed by atoms with Crippen molar-refractivity contribution in [2.45, 2.75) is 13.5 Å². The second-order valence-electron chi connectivity index (χ2n) is 6.00. The fourth-order valence-corrected chi connectivity index (χ4v) is 3.27. The summed E-state index contributed by atoms with van der Waals surface area (Å²) in [7, 11) is 0. The summed E-state index contributed by atoms with van der Waals surface area (Å²) in [5.41, 5.74) is 5.70. The molecule has 2 aromatic heterocycles. The standard InChI is InChI=1S/C21H18N2O/c1-15-13-19-20(11-12-22-21(19)24)23(15)14-17-9-5-6-10-18(17)16-7-3-2-4-8-16/h2-13H,14H2,1H3,(H,22,24). The zero-order valence-electron chi connectivity index (χ0n) is 13.5. The summed E-state index contributed by atoms with van der Waals surface area (Å²) in [6.45, 7) is 2.79. The number of H-pyrrole nitrogens is 1. The minimum absolute atomic E-state index is 0.0364. The summed E-state index contributed by atoms with van der Waals surface area (Å²) >= 11 is 0. The minimum Gasteiger partial charge on any atom is -0.340 e. The Hall–Kier alpha value is -3.07. The van der Waals surface area contributed by atoms with Crippen molar-refractivity contribution < 1.29 is 0 Å². The SMILES string of the molecule is Cc1cc2c(=O)[nH]ccc2n1Cc1ccccc1-c1ccccc1. The third kappa shape index (κ3) is 2.44. The Morgan fingerprint density at radius 3 is 2.54 bits per heavy atom. The lowest BCUT2D eigenvalue weighted by molar-refractivity contribution is 0.806. The van der Waals surface area contributed by atoms with Crippen molar-refractivity contribution in [3.8, 4) is 11.1 Å². The third-order valence-electron chi connectivity index (χ3n) is 4.48. The van der Waals surface area contributed by atoms with Crippen LogP contribution >= 0.6 is 0 Å². The van der Waals surface area contributed by atoms with E-state index in [0.29, 0.717) is 0 Å². The molecular formula is C21H18N2O. The largest absolute Gasteiger partial charge is 0.340 e. The summed E-state index contributed by atoms with van der Waals surface area (Å²) in [6, 6.07) is 22.8.